The Morgan fingerprint density at radius 2 is 2.06 bits per heavy atom. The topological polar surface area (TPSA) is 38.9 Å². The Morgan fingerprint density at radius 3 is 2.50 bits per heavy atom. The molecule has 0 aliphatic heterocycles. The van der Waals surface area contributed by atoms with E-state index in [1.54, 1.807) is 11.8 Å². The van der Waals surface area contributed by atoms with Gasteiger partial charge in [-0.3, -0.25) is 0 Å². The van der Waals surface area contributed by atoms with E-state index in [2.05, 4.69) is 44.8 Å². The Labute approximate surface area is 103 Å². The lowest BCUT2D eigenvalue weighted by molar-refractivity contribution is 0.644. The van der Waals surface area contributed by atoms with Crippen molar-refractivity contribution in [3.8, 4) is 0 Å². The van der Waals surface area contributed by atoms with Crippen LogP contribution < -0.4 is 5.73 Å². The van der Waals surface area contributed by atoms with Crippen LogP contribution in [0.5, 0.6) is 0 Å². The van der Waals surface area contributed by atoms with Crippen LogP contribution in [0, 0.1) is 0 Å². The van der Waals surface area contributed by atoms with Crippen LogP contribution in [0.2, 0.25) is 0 Å². The summed E-state index contributed by atoms with van der Waals surface area (Å²) in [6.07, 6.45) is 3.88. The highest BCUT2D eigenvalue weighted by Crippen LogP contribution is 2.30. The van der Waals surface area contributed by atoms with Gasteiger partial charge in [0.15, 0.2) is 0 Å². The Hall–Kier alpha value is -0.540. The zero-order valence-corrected chi connectivity index (χ0v) is 11.5. The van der Waals surface area contributed by atoms with Crippen molar-refractivity contribution in [1.82, 2.24) is 4.98 Å². The first kappa shape index (κ1) is 13.5. The molecule has 2 N–H and O–H groups in total. The fourth-order valence-corrected chi connectivity index (χ4v) is 2.22. The quantitative estimate of drug-likeness (QED) is 0.818. The third-order valence-corrected chi connectivity index (χ3v) is 3.29. The standard InChI is InChI=1S/C13H22N2S/c1-5-11(14)8-10-6-7-12(15-9-10)16-13(2,3)4/h6-7,9,11H,5,8,14H2,1-4H3. The molecule has 0 aliphatic rings. The molecule has 16 heavy (non-hydrogen) atoms. The molecule has 2 nitrogen and oxygen atoms in total. The van der Waals surface area contributed by atoms with Crippen molar-refractivity contribution in [3.63, 3.8) is 0 Å². The predicted octanol–water partition coefficient (Wildman–Crippen LogP) is 3.25. The van der Waals surface area contributed by atoms with Crippen molar-refractivity contribution in [1.29, 1.82) is 0 Å². The summed E-state index contributed by atoms with van der Waals surface area (Å²) in [4.78, 5) is 4.46. The minimum atomic E-state index is 0.217. The molecule has 0 fully saturated rings. The molecule has 1 unspecified atom stereocenters. The van der Waals surface area contributed by atoms with Crippen molar-refractivity contribution in [2.24, 2.45) is 5.73 Å². The van der Waals surface area contributed by atoms with Gasteiger partial charge in [0.25, 0.3) is 0 Å². The lowest BCUT2D eigenvalue weighted by atomic mass is 10.1. The maximum absolute atomic E-state index is 5.91. The van der Waals surface area contributed by atoms with Gasteiger partial charge in [-0.1, -0.05) is 33.8 Å². The zero-order chi connectivity index (χ0) is 12.2. The van der Waals surface area contributed by atoms with Crippen molar-refractivity contribution >= 4 is 11.8 Å². The number of thioether (sulfide) groups is 1. The van der Waals surface area contributed by atoms with Crippen molar-refractivity contribution in [2.45, 2.75) is 56.4 Å². The van der Waals surface area contributed by atoms with Crippen LogP contribution in [-0.2, 0) is 6.42 Å². The van der Waals surface area contributed by atoms with Gasteiger partial charge in [0.1, 0.15) is 0 Å². The molecular weight excluding hydrogens is 216 g/mol. The number of nitrogens with two attached hydrogens (primary N) is 1. The molecule has 1 aromatic heterocycles. The van der Waals surface area contributed by atoms with Crippen molar-refractivity contribution in [3.05, 3.63) is 23.9 Å². The summed E-state index contributed by atoms with van der Waals surface area (Å²) in [5.41, 5.74) is 7.14. The fourth-order valence-electron chi connectivity index (χ4n) is 1.35. The van der Waals surface area contributed by atoms with E-state index in [-0.39, 0.29) is 10.8 Å². The van der Waals surface area contributed by atoms with Gasteiger partial charge >= 0.3 is 0 Å². The van der Waals surface area contributed by atoms with Crippen molar-refractivity contribution < 1.29 is 0 Å². The molecule has 3 heteroatoms. The predicted molar refractivity (Wildman–Crippen MR) is 71.8 cm³/mol. The van der Waals surface area contributed by atoms with E-state index in [1.807, 2.05) is 6.20 Å². The summed E-state index contributed by atoms with van der Waals surface area (Å²) in [6, 6.07) is 4.48. The number of pyridine rings is 1. The molecule has 0 amide bonds. The third kappa shape index (κ3) is 4.99. The SMILES string of the molecule is CCC(N)Cc1ccc(SC(C)(C)C)nc1. The average Bonchev–Trinajstić information content (AvgIpc) is 2.18. The van der Waals surface area contributed by atoms with Gasteiger partial charge in [-0.15, -0.1) is 11.8 Å². The fraction of sp³-hybridized carbons (Fsp3) is 0.615. The molecule has 0 aliphatic carbocycles. The molecule has 1 heterocycles. The van der Waals surface area contributed by atoms with E-state index in [0.29, 0.717) is 0 Å². The first-order valence-electron chi connectivity index (χ1n) is 5.80. The van der Waals surface area contributed by atoms with E-state index in [1.165, 1.54) is 5.56 Å². The number of hydrogen-bond acceptors (Lipinski definition) is 3. The molecule has 90 valence electrons. The second kappa shape index (κ2) is 5.69. The number of nitrogens with zero attached hydrogens (tertiary/aromatic N) is 1. The zero-order valence-electron chi connectivity index (χ0n) is 10.7. The van der Waals surface area contributed by atoms with E-state index in [0.717, 1.165) is 17.9 Å². The maximum Gasteiger partial charge on any atom is 0.0965 e. The van der Waals surface area contributed by atoms with Crippen LogP contribution in [0.3, 0.4) is 0 Å². The Balaban J connectivity index is 2.61. The Kier molecular flexibility index (Phi) is 4.81. The van der Waals surface area contributed by atoms with Crippen molar-refractivity contribution in [2.75, 3.05) is 0 Å². The summed E-state index contributed by atoms with van der Waals surface area (Å²) in [5, 5.41) is 1.08. The van der Waals surface area contributed by atoms with E-state index in [9.17, 15) is 0 Å². The molecule has 0 bridgehead atoms. The number of rotatable bonds is 4. The lowest BCUT2D eigenvalue weighted by Crippen LogP contribution is -2.21. The number of hydrogen-bond donors (Lipinski definition) is 1. The first-order valence-corrected chi connectivity index (χ1v) is 6.62. The third-order valence-electron chi connectivity index (χ3n) is 2.23. The summed E-state index contributed by atoms with van der Waals surface area (Å²) >= 11 is 1.79. The summed E-state index contributed by atoms with van der Waals surface area (Å²) in [5.74, 6) is 0. The normalized spacial score (nSPS) is 13.8. The molecule has 0 radical (unpaired) electrons. The highest BCUT2D eigenvalue weighted by atomic mass is 32.2. The molecular formula is C13H22N2S. The van der Waals surface area contributed by atoms with Crippen LogP contribution in [0.4, 0.5) is 0 Å². The lowest BCUT2D eigenvalue weighted by Gasteiger charge is -2.16. The van der Waals surface area contributed by atoms with Crippen LogP contribution in [-0.4, -0.2) is 15.8 Å². The van der Waals surface area contributed by atoms with E-state index in [4.69, 9.17) is 5.73 Å². The Morgan fingerprint density at radius 1 is 1.38 bits per heavy atom. The largest absolute Gasteiger partial charge is 0.327 e. The highest BCUT2D eigenvalue weighted by molar-refractivity contribution is 8.00. The minimum Gasteiger partial charge on any atom is -0.327 e. The van der Waals surface area contributed by atoms with Gasteiger partial charge in [-0.2, -0.15) is 0 Å². The molecule has 1 rings (SSSR count). The van der Waals surface area contributed by atoms with E-state index < -0.39 is 0 Å². The molecule has 0 saturated heterocycles. The molecule has 0 spiro atoms. The molecule has 0 saturated carbocycles. The van der Waals surface area contributed by atoms with Crippen LogP contribution in [0.25, 0.3) is 0 Å². The smallest absolute Gasteiger partial charge is 0.0965 e. The van der Waals surface area contributed by atoms with E-state index >= 15 is 0 Å². The number of aromatic nitrogens is 1. The average molecular weight is 238 g/mol. The van der Waals surface area contributed by atoms with Gasteiger partial charge in [-0.05, 0) is 24.5 Å². The monoisotopic (exact) mass is 238 g/mol. The molecule has 1 atom stereocenters. The summed E-state index contributed by atoms with van der Waals surface area (Å²) in [7, 11) is 0. The van der Waals surface area contributed by atoms with Gasteiger partial charge in [-0.25, -0.2) is 4.98 Å². The molecule has 0 aromatic carbocycles. The second-order valence-corrected chi connectivity index (χ2v) is 6.94. The van der Waals surface area contributed by atoms with Gasteiger partial charge in [0.2, 0.25) is 0 Å². The molecule has 1 aromatic rings. The minimum absolute atomic E-state index is 0.217. The summed E-state index contributed by atoms with van der Waals surface area (Å²) in [6.45, 7) is 8.70. The van der Waals surface area contributed by atoms with Crippen LogP contribution in [0.15, 0.2) is 23.4 Å². The maximum atomic E-state index is 5.91. The second-order valence-electron chi connectivity index (χ2n) is 5.09. The first-order chi connectivity index (χ1) is 7.40. The summed E-state index contributed by atoms with van der Waals surface area (Å²) < 4.78 is 0.217. The Bertz CT molecular complexity index is 314. The van der Waals surface area contributed by atoms with Gasteiger partial charge < -0.3 is 5.73 Å². The highest BCUT2D eigenvalue weighted by Gasteiger charge is 2.12. The van der Waals surface area contributed by atoms with Crippen LogP contribution >= 0.6 is 11.8 Å². The van der Waals surface area contributed by atoms with Crippen LogP contribution in [0.1, 0.15) is 39.7 Å². The van der Waals surface area contributed by atoms with Gasteiger partial charge in [0.05, 0.1) is 5.03 Å². The van der Waals surface area contributed by atoms with Gasteiger partial charge in [0, 0.05) is 17.0 Å².